The van der Waals surface area contributed by atoms with Gasteiger partial charge in [0.2, 0.25) is 0 Å². The molecule has 0 saturated carbocycles. The highest BCUT2D eigenvalue weighted by Gasteiger charge is 2.15. The van der Waals surface area contributed by atoms with Gasteiger partial charge in [-0.25, -0.2) is 0 Å². The van der Waals surface area contributed by atoms with Gasteiger partial charge in [-0.05, 0) is 36.4 Å². The quantitative estimate of drug-likeness (QED) is 0.450. The van der Waals surface area contributed by atoms with Gasteiger partial charge in [0.25, 0.3) is 5.91 Å². The molecular formula is C23H18N2O4S. The van der Waals surface area contributed by atoms with Crippen LogP contribution in [-0.4, -0.2) is 23.6 Å². The lowest BCUT2D eigenvalue weighted by atomic mass is 10.2. The molecule has 7 heteroatoms. The summed E-state index contributed by atoms with van der Waals surface area (Å²) in [5.74, 6) is 0.172. The van der Waals surface area contributed by atoms with E-state index < -0.39 is 11.9 Å². The van der Waals surface area contributed by atoms with Crippen molar-refractivity contribution >= 4 is 33.4 Å². The van der Waals surface area contributed by atoms with E-state index >= 15 is 0 Å². The van der Waals surface area contributed by atoms with Gasteiger partial charge in [0, 0.05) is 0 Å². The third-order valence-electron chi connectivity index (χ3n) is 4.39. The van der Waals surface area contributed by atoms with Crippen LogP contribution in [0.1, 0.15) is 10.4 Å². The Balaban J connectivity index is 1.76. The molecule has 0 saturated heterocycles. The van der Waals surface area contributed by atoms with Crippen molar-refractivity contribution in [3.8, 4) is 11.5 Å². The fourth-order valence-electron chi connectivity index (χ4n) is 2.95. The molecule has 150 valence electrons. The monoisotopic (exact) mass is 418 g/mol. The highest BCUT2D eigenvalue weighted by atomic mass is 32.1. The average molecular weight is 418 g/mol. The van der Waals surface area contributed by atoms with E-state index in [9.17, 15) is 9.59 Å². The SMILES string of the molecule is COC(=O)Cn1c(=NC(=O)c2ccccc2Oc2ccccc2)sc2ccccc21. The lowest BCUT2D eigenvalue weighted by Gasteiger charge is -2.08. The maximum Gasteiger partial charge on any atom is 0.325 e. The molecule has 0 unspecified atom stereocenters. The first-order chi connectivity index (χ1) is 14.7. The van der Waals surface area contributed by atoms with E-state index in [0.717, 1.165) is 10.2 Å². The summed E-state index contributed by atoms with van der Waals surface area (Å²) in [7, 11) is 1.33. The number of hydrogen-bond donors (Lipinski definition) is 0. The van der Waals surface area contributed by atoms with Crippen molar-refractivity contribution in [3.63, 3.8) is 0 Å². The Kier molecular flexibility index (Phi) is 5.72. The molecule has 0 fully saturated rings. The van der Waals surface area contributed by atoms with Gasteiger partial charge in [0.05, 0.1) is 22.9 Å². The molecule has 0 atom stereocenters. The molecule has 1 aromatic heterocycles. The van der Waals surface area contributed by atoms with Gasteiger partial charge < -0.3 is 14.0 Å². The largest absolute Gasteiger partial charge is 0.468 e. The lowest BCUT2D eigenvalue weighted by Crippen LogP contribution is -2.22. The predicted octanol–water partition coefficient (Wildman–Crippen LogP) is 4.41. The Hall–Kier alpha value is -3.71. The number of thiazole rings is 1. The smallest absolute Gasteiger partial charge is 0.325 e. The summed E-state index contributed by atoms with van der Waals surface area (Å²) < 4.78 is 13.3. The number of fused-ring (bicyclic) bond motifs is 1. The number of rotatable bonds is 5. The number of ether oxygens (including phenoxy) is 2. The number of para-hydroxylation sites is 3. The molecule has 1 amide bonds. The fraction of sp³-hybridized carbons (Fsp3) is 0.0870. The van der Waals surface area contributed by atoms with E-state index in [0.29, 0.717) is 21.9 Å². The second kappa shape index (κ2) is 8.75. The summed E-state index contributed by atoms with van der Waals surface area (Å²) in [6, 6.07) is 23.8. The van der Waals surface area contributed by atoms with Gasteiger partial charge in [-0.3, -0.25) is 9.59 Å². The van der Waals surface area contributed by atoms with Crippen LogP contribution in [0.2, 0.25) is 0 Å². The normalized spacial score (nSPS) is 11.4. The number of carbonyl (C=O) groups excluding carboxylic acids is 2. The zero-order valence-corrected chi connectivity index (χ0v) is 17.0. The highest BCUT2D eigenvalue weighted by molar-refractivity contribution is 7.16. The van der Waals surface area contributed by atoms with Crippen LogP contribution < -0.4 is 9.54 Å². The molecule has 30 heavy (non-hydrogen) atoms. The highest BCUT2D eigenvalue weighted by Crippen LogP contribution is 2.25. The van der Waals surface area contributed by atoms with Gasteiger partial charge in [0.1, 0.15) is 18.0 Å². The minimum absolute atomic E-state index is 0.0329. The summed E-state index contributed by atoms with van der Waals surface area (Å²) in [6.07, 6.45) is 0. The Morgan fingerprint density at radius 2 is 1.63 bits per heavy atom. The standard InChI is InChI=1S/C23H18N2O4S/c1-28-21(26)15-25-18-12-6-8-14-20(18)30-23(25)24-22(27)17-11-5-7-13-19(17)29-16-9-3-2-4-10-16/h2-14H,15H2,1H3. The number of methoxy groups -OCH3 is 1. The van der Waals surface area contributed by atoms with E-state index in [1.165, 1.54) is 18.4 Å². The first-order valence-electron chi connectivity index (χ1n) is 9.22. The summed E-state index contributed by atoms with van der Waals surface area (Å²) in [4.78, 5) is 29.7. The molecule has 3 aromatic carbocycles. The van der Waals surface area contributed by atoms with Crippen molar-refractivity contribution in [1.82, 2.24) is 4.57 Å². The van der Waals surface area contributed by atoms with E-state index in [1.54, 1.807) is 28.8 Å². The zero-order valence-electron chi connectivity index (χ0n) is 16.1. The number of nitrogens with zero attached hydrogens (tertiary/aromatic N) is 2. The molecule has 0 spiro atoms. The minimum Gasteiger partial charge on any atom is -0.468 e. The van der Waals surface area contributed by atoms with Crippen LogP contribution in [0.15, 0.2) is 83.9 Å². The molecule has 0 radical (unpaired) electrons. The van der Waals surface area contributed by atoms with Gasteiger partial charge in [0.15, 0.2) is 4.80 Å². The molecule has 0 aliphatic rings. The Labute approximate surface area is 176 Å². The molecule has 4 aromatic rings. The first kappa shape index (κ1) is 19.6. The summed E-state index contributed by atoms with van der Waals surface area (Å²) >= 11 is 1.34. The van der Waals surface area contributed by atoms with Gasteiger partial charge in [-0.1, -0.05) is 53.8 Å². The topological polar surface area (TPSA) is 69.9 Å². The predicted molar refractivity (Wildman–Crippen MR) is 115 cm³/mol. The Morgan fingerprint density at radius 1 is 0.933 bits per heavy atom. The Morgan fingerprint density at radius 3 is 2.43 bits per heavy atom. The van der Waals surface area contributed by atoms with Crippen molar-refractivity contribution in [1.29, 1.82) is 0 Å². The van der Waals surface area contributed by atoms with E-state index in [1.807, 2.05) is 54.6 Å². The van der Waals surface area contributed by atoms with Crippen molar-refractivity contribution in [3.05, 3.63) is 89.2 Å². The van der Waals surface area contributed by atoms with Crippen molar-refractivity contribution in [2.24, 2.45) is 4.99 Å². The molecule has 0 aliphatic carbocycles. The molecule has 4 rings (SSSR count). The van der Waals surface area contributed by atoms with Gasteiger partial charge in [-0.15, -0.1) is 0 Å². The van der Waals surface area contributed by atoms with Gasteiger partial charge in [-0.2, -0.15) is 4.99 Å². The van der Waals surface area contributed by atoms with Crippen LogP contribution in [0, 0.1) is 0 Å². The summed E-state index contributed by atoms with van der Waals surface area (Å²) in [5, 5.41) is 0. The second-order valence-electron chi connectivity index (χ2n) is 6.34. The Bertz CT molecular complexity index is 1280. The molecule has 1 heterocycles. The maximum atomic E-state index is 13.0. The number of aromatic nitrogens is 1. The van der Waals surface area contributed by atoms with Crippen LogP contribution >= 0.6 is 11.3 Å². The van der Waals surface area contributed by atoms with E-state index in [2.05, 4.69) is 4.99 Å². The van der Waals surface area contributed by atoms with Crippen molar-refractivity contribution in [2.75, 3.05) is 7.11 Å². The number of hydrogen-bond acceptors (Lipinski definition) is 5. The second-order valence-corrected chi connectivity index (χ2v) is 7.35. The van der Waals surface area contributed by atoms with Crippen molar-refractivity contribution in [2.45, 2.75) is 6.54 Å². The summed E-state index contributed by atoms with van der Waals surface area (Å²) in [6.45, 7) is -0.0329. The molecule has 0 aliphatic heterocycles. The minimum atomic E-state index is -0.452. The number of benzene rings is 3. The first-order valence-corrected chi connectivity index (χ1v) is 10.0. The number of carbonyl (C=O) groups is 2. The van der Waals surface area contributed by atoms with Crippen LogP contribution in [0.3, 0.4) is 0 Å². The molecule has 6 nitrogen and oxygen atoms in total. The fourth-order valence-corrected chi connectivity index (χ4v) is 3.98. The number of amides is 1. The van der Waals surface area contributed by atoms with E-state index in [-0.39, 0.29) is 6.54 Å². The van der Waals surface area contributed by atoms with Crippen molar-refractivity contribution < 1.29 is 19.1 Å². The number of esters is 1. The van der Waals surface area contributed by atoms with Gasteiger partial charge >= 0.3 is 5.97 Å². The van der Waals surface area contributed by atoms with Crippen LogP contribution in [0.5, 0.6) is 11.5 Å². The molecule has 0 N–H and O–H groups in total. The maximum absolute atomic E-state index is 13.0. The zero-order chi connectivity index (χ0) is 20.9. The average Bonchev–Trinajstić information content (AvgIpc) is 3.11. The van der Waals surface area contributed by atoms with E-state index in [4.69, 9.17) is 9.47 Å². The third-order valence-corrected chi connectivity index (χ3v) is 5.45. The molecular weight excluding hydrogens is 400 g/mol. The van der Waals surface area contributed by atoms with Crippen LogP contribution in [0.4, 0.5) is 0 Å². The summed E-state index contributed by atoms with van der Waals surface area (Å²) in [5.41, 5.74) is 1.15. The lowest BCUT2D eigenvalue weighted by molar-refractivity contribution is -0.141. The van der Waals surface area contributed by atoms with Crippen LogP contribution in [-0.2, 0) is 16.1 Å². The van der Waals surface area contributed by atoms with Crippen LogP contribution in [0.25, 0.3) is 10.2 Å². The third kappa shape index (κ3) is 4.16. The molecule has 0 bridgehead atoms.